The molecule has 1 saturated heterocycles. The molecule has 1 atom stereocenters. The summed E-state index contributed by atoms with van der Waals surface area (Å²) < 4.78 is 13.4. The number of carbonyl (C=O) groups excluding carboxylic acids is 1. The van der Waals surface area contributed by atoms with Crippen molar-refractivity contribution in [1.82, 2.24) is 10.2 Å². The van der Waals surface area contributed by atoms with Crippen molar-refractivity contribution in [3.05, 3.63) is 53.8 Å². The number of amides is 1. The van der Waals surface area contributed by atoms with Crippen LogP contribution < -0.4 is 5.32 Å². The standard InChI is InChI=1S/C20H23FN2O2/c1-23-13-3-4-16(23)11-12-22-20(25)15-9-7-14(8-10-15)17-5-2-6-18(21)19(17)24/h2,5-10,16,24H,3-4,11-13H2,1H3,(H,22,25)/t16-/m1/s1. The first-order valence-electron chi connectivity index (χ1n) is 8.62. The average molecular weight is 342 g/mol. The second-order valence-electron chi connectivity index (χ2n) is 6.53. The van der Waals surface area contributed by atoms with Gasteiger partial charge in [0.2, 0.25) is 0 Å². The average Bonchev–Trinajstić information content (AvgIpc) is 3.02. The van der Waals surface area contributed by atoms with Crippen LogP contribution in [0.2, 0.25) is 0 Å². The van der Waals surface area contributed by atoms with Gasteiger partial charge in [-0.15, -0.1) is 0 Å². The molecule has 132 valence electrons. The molecule has 1 fully saturated rings. The number of carbonyl (C=O) groups is 1. The van der Waals surface area contributed by atoms with Crippen LogP contribution in [0.15, 0.2) is 42.5 Å². The van der Waals surface area contributed by atoms with Gasteiger partial charge < -0.3 is 15.3 Å². The summed E-state index contributed by atoms with van der Waals surface area (Å²) >= 11 is 0. The fourth-order valence-electron chi connectivity index (χ4n) is 3.35. The molecule has 0 aliphatic carbocycles. The third-order valence-corrected chi connectivity index (χ3v) is 4.88. The van der Waals surface area contributed by atoms with Crippen LogP contribution in [0.1, 0.15) is 29.6 Å². The highest BCUT2D eigenvalue weighted by atomic mass is 19.1. The van der Waals surface area contributed by atoms with Crippen LogP contribution in [0.3, 0.4) is 0 Å². The van der Waals surface area contributed by atoms with Crippen LogP contribution in [0.25, 0.3) is 11.1 Å². The molecule has 0 unspecified atom stereocenters. The Hall–Kier alpha value is -2.40. The van der Waals surface area contributed by atoms with Crippen molar-refractivity contribution in [2.24, 2.45) is 0 Å². The molecule has 2 aromatic rings. The number of phenols is 1. The van der Waals surface area contributed by atoms with Crippen molar-refractivity contribution in [3.63, 3.8) is 0 Å². The largest absolute Gasteiger partial charge is 0.504 e. The Morgan fingerprint density at radius 2 is 2.04 bits per heavy atom. The zero-order chi connectivity index (χ0) is 17.8. The number of rotatable bonds is 5. The third kappa shape index (κ3) is 3.99. The first kappa shape index (κ1) is 17.4. The van der Waals surface area contributed by atoms with Crippen molar-refractivity contribution < 1.29 is 14.3 Å². The van der Waals surface area contributed by atoms with E-state index in [4.69, 9.17) is 0 Å². The lowest BCUT2D eigenvalue weighted by molar-refractivity contribution is 0.0950. The summed E-state index contributed by atoms with van der Waals surface area (Å²) in [7, 11) is 2.13. The van der Waals surface area contributed by atoms with Gasteiger partial charge in [0.15, 0.2) is 11.6 Å². The molecular weight excluding hydrogens is 319 g/mol. The zero-order valence-electron chi connectivity index (χ0n) is 14.3. The van der Waals surface area contributed by atoms with Crippen molar-refractivity contribution in [3.8, 4) is 16.9 Å². The third-order valence-electron chi connectivity index (χ3n) is 4.88. The number of likely N-dealkylation sites (tertiary alicyclic amines) is 1. The highest BCUT2D eigenvalue weighted by molar-refractivity contribution is 5.94. The van der Waals surface area contributed by atoms with E-state index in [1.165, 1.54) is 18.9 Å². The first-order chi connectivity index (χ1) is 12.1. The Labute approximate surface area is 147 Å². The topological polar surface area (TPSA) is 52.6 Å². The van der Waals surface area contributed by atoms with E-state index in [-0.39, 0.29) is 11.7 Å². The lowest BCUT2D eigenvalue weighted by Crippen LogP contribution is -2.31. The highest BCUT2D eigenvalue weighted by Gasteiger charge is 2.20. The second-order valence-corrected chi connectivity index (χ2v) is 6.53. The maximum atomic E-state index is 13.4. The van der Waals surface area contributed by atoms with Crippen LogP contribution in [-0.4, -0.2) is 42.1 Å². The summed E-state index contributed by atoms with van der Waals surface area (Å²) in [5.74, 6) is -1.15. The number of nitrogens with zero attached hydrogens (tertiary/aromatic N) is 1. The van der Waals surface area contributed by atoms with Gasteiger partial charge in [-0.1, -0.05) is 24.3 Å². The quantitative estimate of drug-likeness (QED) is 0.875. The minimum atomic E-state index is -0.656. The molecule has 0 saturated carbocycles. The van der Waals surface area contributed by atoms with E-state index < -0.39 is 5.82 Å². The van der Waals surface area contributed by atoms with Crippen LogP contribution in [0.5, 0.6) is 5.75 Å². The summed E-state index contributed by atoms with van der Waals surface area (Å²) in [6.45, 7) is 1.78. The number of benzene rings is 2. The highest BCUT2D eigenvalue weighted by Crippen LogP contribution is 2.31. The summed E-state index contributed by atoms with van der Waals surface area (Å²) in [6, 6.07) is 11.8. The van der Waals surface area contributed by atoms with Crippen LogP contribution in [0, 0.1) is 5.82 Å². The van der Waals surface area contributed by atoms with E-state index in [2.05, 4.69) is 17.3 Å². The Balaban J connectivity index is 1.60. The zero-order valence-corrected chi connectivity index (χ0v) is 14.3. The molecule has 1 amide bonds. The van der Waals surface area contributed by atoms with Gasteiger partial charge in [0.05, 0.1) is 0 Å². The maximum absolute atomic E-state index is 13.4. The van der Waals surface area contributed by atoms with Gasteiger partial charge in [-0.05, 0) is 56.6 Å². The fraction of sp³-hybridized carbons (Fsp3) is 0.350. The van der Waals surface area contributed by atoms with Gasteiger partial charge in [-0.3, -0.25) is 4.79 Å². The van der Waals surface area contributed by atoms with Crippen molar-refractivity contribution in [1.29, 1.82) is 0 Å². The number of para-hydroxylation sites is 1. The number of nitrogens with one attached hydrogen (secondary N) is 1. The fourth-order valence-corrected chi connectivity index (χ4v) is 3.35. The number of hydrogen-bond acceptors (Lipinski definition) is 3. The number of hydrogen-bond donors (Lipinski definition) is 2. The molecule has 25 heavy (non-hydrogen) atoms. The molecular formula is C20H23FN2O2. The van der Waals surface area contributed by atoms with Gasteiger partial charge in [0.25, 0.3) is 5.91 Å². The van der Waals surface area contributed by atoms with E-state index in [0.29, 0.717) is 29.3 Å². The summed E-state index contributed by atoms with van der Waals surface area (Å²) in [5.41, 5.74) is 1.64. The number of phenolic OH excluding ortho intramolecular Hbond substituents is 1. The Morgan fingerprint density at radius 3 is 2.72 bits per heavy atom. The van der Waals surface area contributed by atoms with E-state index in [9.17, 15) is 14.3 Å². The maximum Gasteiger partial charge on any atom is 0.251 e. The van der Waals surface area contributed by atoms with Gasteiger partial charge in [-0.2, -0.15) is 0 Å². The van der Waals surface area contributed by atoms with E-state index in [1.807, 2.05) is 0 Å². The second kappa shape index (κ2) is 7.66. The lowest BCUT2D eigenvalue weighted by atomic mass is 10.0. The molecule has 1 heterocycles. The van der Waals surface area contributed by atoms with Crippen molar-refractivity contribution in [2.75, 3.05) is 20.1 Å². The Kier molecular flexibility index (Phi) is 5.34. The molecule has 0 aromatic heterocycles. The molecule has 0 radical (unpaired) electrons. The van der Waals surface area contributed by atoms with E-state index in [1.54, 1.807) is 36.4 Å². The van der Waals surface area contributed by atoms with Gasteiger partial charge in [-0.25, -0.2) is 4.39 Å². The molecule has 1 aliphatic rings. The molecule has 4 nitrogen and oxygen atoms in total. The summed E-state index contributed by atoms with van der Waals surface area (Å²) in [6.07, 6.45) is 3.37. The normalized spacial score (nSPS) is 17.6. The lowest BCUT2D eigenvalue weighted by Gasteiger charge is -2.19. The smallest absolute Gasteiger partial charge is 0.251 e. The van der Waals surface area contributed by atoms with Gasteiger partial charge in [0.1, 0.15) is 0 Å². The minimum Gasteiger partial charge on any atom is -0.504 e. The molecule has 0 bridgehead atoms. The van der Waals surface area contributed by atoms with Crippen LogP contribution >= 0.6 is 0 Å². The molecule has 2 N–H and O–H groups in total. The summed E-state index contributed by atoms with van der Waals surface area (Å²) in [5, 5.41) is 12.8. The van der Waals surface area contributed by atoms with E-state index in [0.717, 1.165) is 13.0 Å². The number of aromatic hydroxyl groups is 1. The molecule has 5 heteroatoms. The SMILES string of the molecule is CN1CCC[C@@H]1CCNC(=O)c1ccc(-c2cccc(F)c2O)cc1. The summed E-state index contributed by atoms with van der Waals surface area (Å²) in [4.78, 5) is 14.6. The number of halogens is 1. The van der Waals surface area contributed by atoms with Crippen molar-refractivity contribution >= 4 is 5.91 Å². The minimum absolute atomic E-state index is 0.115. The van der Waals surface area contributed by atoms with Crippen LogP contribution in [-0.2, 0) is 0 Å². The molecule has 1 aliphatic heterocycles. The first-order valence-corrected chi connectivity index (χ1v) is 8.62. The molecule has 2 aromatic carbocycles. The molecule has 0 spiro atoms. The van der Waals surface area contributed by atoms with Crippen LogP contribution in [0.4, 0.5) is 4.39 Å². The predicted octanol–water partition coefficient (Wildman–Crippen LogP) is 3.41. The monoisotopic (exact) mass is 342 g/mol. The Bertz CT molecular complexity index is 746. The van der Waals surface area contributed by atoms with Gasteiger partial charge >= 0.3 is 0 Å². The van der Waals surface area contributed by atoms with Gasteiger partial charge in [0, 0.05) is 23.7 Å². The van der Waals surface area contributed by atoms with Crippen molar-refractivity contribution in [2.45, 2.75) is 25.3 Å². The van der Waals surface area contributed by atoms with E-state index >= 15 is 0 Å². The Morgan fingerprint density at radius 1 is 1.28 bits per heavy atom. The predicted molar refractivity (Wildman–Crippen MR) is 96.1 cm³/mol. The molecule has 3 rings (SSSR count).